The fourth-order valence-electron chi connectivity index (χ4n) is 3.74. The Morgan fingerprint density at radius 1 is 1.32 bits per heavy atom. The van der Waals surface area contributed by atoms with Crippen LogP contribution in [-0.4, -0.2) is 57.4 Å². The van der Waals surface area contributed by atoms with Crippen molar-refractivity contribution in [1.82, 2.24) is 9.62 Å². The molecule has 1 aromatic rings. The van der Waals surface area contributed by atoms with E-state index in [-0.39, 0.29) is 59.4 Å². The number of rotatable bonds is 6. The largest absolute Gasteiger partial charge is 0.383 e. The Morgan fingerprint density at radius 2 is 2.04 bits per heavy atom. The van der Waals surface area contributed by atoms with Gasteiger partial charge in [-0.25, -0.2) is 12.7 Å². The molecular formula is C18H26ClN3O5S. The van der Waals surface area contributed by atoms with Gasteiger partial charge >= 0.3 is 0 Å². The standard InChI is InChI=1S/C18H25N3O5S.ClH/c1-26-9-8-21-18(23)14-7-6-12(10-16(14)27(21,24)25)17(22)20-15-5-3-2-4-13(15)11-19;/h6-7,10,13,15H,2-5,8-9,11,19H2,1H3,(H,20,22);1H. The molecule has 2 aliphatic rings. The minimum Gasteiger partial charge on any atom is -0.383 e. The van der Waals surface area contributed by atoms with Crippen molar-refractivity contribution in [3.63, 3.8) is 0 Å². The summed E-state index contributed by atoms with van der Waals surface area (Å²) in [6.07, 6.45) is 3.97. The van der Waals surface area contributed by atoms with Gasteiger partial charge in [0.25, 0.3) is 21.8 Å². The van der Waals surface area contributed by atoms with Gasteiger partial charge in [-0.15, -0.1) is 12.4 Å². The van der Waals surface area contributed by atoms with Crippen LogP contribution in [0.1, 0.15) is 46.4 Å². The first kappa shape index (κ1) is 22.6. The number of sulfonamides is 1. The molecule has 8 nitrogen and oxygen atoms in total. The summed E-state index contributed by atoms with van der Waals surface area (Å²) < 4.78 is 31.0. The highest BCUT2D eigenvalue weighted by atomic mass is 35.5. The molecule has 1 heterocycles. The Kier molecular flexibility index (Phi) is 7.44. The van der Waals surface area contributed by atoms with Crippen LogP contribution in [0.3, 0.4) is 0 Å². The molecule has 3 N–H and O–H groups in total. The van der Waals surface area contributed by atoms with Crippen LogP contribution in [0.2, 0.25) is 0 Å². The Bertz CT molecular complexity index is 846. The molecule has 1 saturated carbocycles. The van der Waals surface area contributed by atoms with E-state index in [2.05, 4.69) is 5.32 Å². The van der Waals surface area contributed by atoms with Gasteiger partial charge in [-0.3, -0.25) is 9.59 Å². The highest BCUT2D eigenvalue weighted by molar-refractivity contribution is 7.90. The first-order valence-corrected chi connectivity index (χ1v) is 10.5. The number of nitrogens with zero attached hydrogens (tertiary/aromatic N) is 1. The molecule has 1 fully saturated rings. The number of fused-ring (bicyclic) bond motifs is 1. The maximum atomic E-state index is 12.7. The number of carbonyl (C=O) groups excluding carboxylic acids is 2. The van der Waals surface area contributed by atoms with Crippen LogP contribution in [0, 0.1) is 5.92 Å². The van der Waals surface area contributed by atoms with E-state index in [1.165, 1.54) is 25.3 Å². The Morgan fingerprint density at radius 3 is 2.71 bits per heavy atom. The van der Waals surface area contributed by atoms with Crippen LogP contribution in [0.5, 0.6) is 0 Å². The number of nitrogens with two attached hydrogens (primary N) is 1. The summed E-state index contributed by atoms with van der Waals surface area (Å²) in [5.74, 6) is -0.711. The van der Waals surface area contributed by atoms with Crippen molar-refractivity contribution in [2.75, 3.05) is 26.8 Å². The summed E-state index contributed by atoms with van der Waals surface area (Å²) in [5.41, 5.74) is 6.11. The molecule has 10 heteroatoms. The van der Waals surface area contributed by atoms with E-state index >= 15 is 0 Å². The molecular weight excluding hydrogens is 406 g/mol. The number of amides is 2. The van der Waals surface area contributed by atoms with Crippen LogP contribution in [0.15, 0.2) is 23.1 Å². The first-order chi connectivity index (χ1) is 12.9. The number of carbonyl (C=O) groups is 2. The molecule has 28 heavy (non-hydrogen) atoms. The first-order valence-electron chi connectivity index (χ1n) is 9.11. The predicted molar refractivity (Wildman–Crippen MR) is 106 cm³/mol. The third-order valence-corrected chi connectivity index (χ3v) is 7.12. The second-order valence-electron chi connectivity index (χ2n) is 6.95. The van der Waals surface area contributed by atoms with Gasteiger partial charge in [0, 0.05) is 18.7 Å². The van der Waals surface area contributed by atoms with Gasteiger partial charge in [0.1, 0.15) is 4.90 Å². The molecule has 0 saturated heterocycles. The molecule has 0 radical (unpaired) electrons. The molecule has 0 bridgehead atoms. The van der Waals surface area contributed by atoms with E-state index in [1.807, 2.05) is 0 Å². The minimum absolute atomic E-state index is 0. The molecule has 1 aliphatic carbocycles. The number of hydrogen-bond donors (Lipinski definition) is 2. The number of halogens is 1. The van der Waals surface area contributed by atoms with Crippen molar-refractivity contribution in [2.45, 2.75) is 36.6 Å². The Balaban J connectivity index is 0.00000280. The van der Waals surface area contributed by atoms with Crippen molar-refractivity contribution in [1.29, 1.82) is 0 Å². The fourth-order valence-corrected chi connectivity index (χ4v) is 5.32. The summed E-state index contributed by atoms with van der Waals surface area (Å²) in [5, 5.41) is 2.98. The zero-order chi connectivity index (χ0) is 19.6. The molecule has 1 aliphatic heterocycles. The average Bonchev–Trinajstić information content (AvgIpc) is 2.86. The van der Waals surface area contributed by atoms with Crippen molar-refractivity contribution in [3.05, 3.63) is 29.3 Å². The molecule has 0 spiro atoms. The van der Waals surface area contributed by atoms with E-state index in [4.69, 9.17) is 10.5 Å². The maximum Gasteiger partial charge on any atom is 0.269 e. The topological polar surface area (TPSA) is 119 Å². The number of methoxy groups -OCH3 is 1. The van der Waals surface area contributed by atoms with Crippen molar-refractivity contribution < 1.29 is 22.7 Å². The van der Waals surface area contributed by atoms with E-state index < -0.39 is 15.9 Å². The second-order valence-corrected chi connectivity index (χ2v) is 8.78. The quantitative estimate of drug-likeness (QED) is 0.697. The van der Waals surface area contributed by atoms with E-state index in [0.29, 0.717) is 6.54 Å². The molecule has 1 aromatic carbocycles. The Hall–Kier alpha value is -1.68. The molecule has 3 rings (SSSR count). The van der Waals surface area contributed by atoms with Gasteiger partial charge in [0.15, 0.2) is 0 Å². The zero-order valence-corrected chi connectivity index (χ0v) is 17.4. The maximum absolute atomic E-state index is 12.7. The number of nitrogens with one attached hydrogen (secondary N) is 1. The summed E-state index contributed by atoms with van der Waals surface area (Å²) >= 11 is 0. The second kappa shape index (κ2) is 9.21. The van der Waals surface area contributed by atoms with Gasteiger partial charge in [0.05, 0.1) is 18.7 Å². The fraction of sp³-hybridized carbons (Fsp3) is 0.556. The van der Waals surface area contributed by atoms with Crippen molar-refractivity contribution in [3.8, 4) is 0 Å². The van der Waals surface area contributed by atoms with Gasteiger partial charge in [-0.1, -0.05) is 12.8 Å². The lowest BCUT2D eigenvalue weighted by molar-refractivity contribution is 0.0835. The normalized spacial score (nSPS) is 23.1. The van der Waals surface area contributed by atoms with Crippen LogP contribution < -0.4 is 11.1 Å². The summed E-state index contributed by atoms with van der Waals surface area (Å²) in [4.78, 5) is 24.9. The van der Waals surface area contributed by atoms with Gasteiger partial charge in [-0.05, 0) is 43.5 Å². The zero-order valence-electron chi connectivity index (χ0n) is 15.7. The lowest BCUT2D eigenvalue weighted by Gasteiger charge is -2.31. The van der Waals surface area contributed by atoms with Crippen LogP contribution >= 0.6 is 12.4 Å². The molecule has 2 atom stereocenters. The van der Waals surface area contributed by atoms with E-state index in [0.717, 1.165) is 30.0 Å². The van der Waals surface area contributed by atoms with E-state index in [1.54, 1.807) is 0 Å². The van der Waals surface area contributed by atoms with Gasteiger partial charge in [-0.2, -0.15) is 0 Å². The summed E-state index contributed by atoms with van der Waals surface area (Å²) in [7, 11) is -2.54. The SMILES string of the molecule is COCCN1C(=O)c2ccc(C(=O)NC3CCCCC3CN)cc2S1(=O)=O.Cl. The van der Waals surface area contributed by atoms with Crippen molar-refractivity contribution >= 4 is 34.2 Å². The highest BCUT2D eigenvalue weighted by Gasteiger charge is 2.41. The minimum atomic E-state index is -3.97. The van der Waals surface area contributed by atoms with Gasteiger partial charge in [0.2, 0.25) is 0 Å². The predicted octanol–water partition coefficient (Wildman–Crippen LogP) is 1.15. The highest BCUT2D eigenvalue weighted by Crippen LogP contribution is 2.31. The molecule has 2 unspecified atom stereocenters. The lowest BCUT2D eigenvalue weighted by atomic mass is 9.84. The van der Waals surface area contributed by atoms with E-state index in [9.17, 15) is 18.0 Å². The Labute approximate surface area is 171 Å². The molecule has 2 amide bonds. The third-order valence-electron chi connectivity index (χ3n) is 5.30. The molecule has 156 valence electrons. The van der Waals surface area contributed by atoms with Gasteiger partial charge < -0.3 is 15.8 Å². The smallest absolute Gasteiger partial charge is 0.269 e. The van der Waals surface area contributed by atoms with Crippen molar-refractivity contribution in [2.24, 2.45) is 11.7 Å². The number of hydrogen-bond acceptors (Lipinski definition) is 6. The lowest BCUT2D eigenvalue weighted by Crippen LogP contribution is -2.44. The third kappa shape index (κ3) is 4.17. The average molecular weight is 432 g/mol. The molecule has 0 aromatic heterocycles. The monoisotopic (exact) mass is 431 g/mol. The van der Waals surface area contributed by atoms with Crippen LogP contribution in [0.25, 0.3) is 0 Å². The van der Waals surface area contributed by atoms with Crippen LogP contribution in [0.4, 0.5) is 0 Å². The van der Waals surface area contributed by atoms with Crippen LogP contribution in [-0.2, 0) is 14.8 Å². The number of benzene rings is 1. The summed E-state index contributed by atoms with van der Waals surface area (Å²) in [6, 6.07) is 4.16. The number of ether oxygens (including phenoxy) is 1. The summed E-state index contributed by atoms with van der Waals surface area (Å²) in [6.45, 7) is 0.551.